The molecule has 0 amide bonds. The highest BCUT2D eigenvalue weighted by molar-refractivity contribution is 5.86. The lowest BCUT2D eigenvalue weighted by Gasteiger charge is -2.15. The van der Waals surface area contributed by atoms with Crippen molar-refractivity contribution < 1.29 is 8.78 Å². The standard InChI is InChI=1S/C28H25F2N5/c1-18-6-3-10-25(32-18)28-27(20-11-12-24-19(16-20)7-5-14-31-24)33-26(34-28)17-35(2)15-13-21-22(29)8-4-9-23(21)30/h3-12,14,16H,13,15,17H2,1-2H3,(H,33,34). The summed E-state index contributed by atoms with van der Waals surface area (Å²) < 4.78 is 28.0. The number of likely N-dealkylation sites (N-methyl/N-ethyl adjacent to an activating group) is 1. The second-order valence-electron chi connectivity index (χ2n) is 8.67. The number of nitrogens with one attached hydrogen (secondary N) is 1. The molecule has 0 aliphatic rings. The van der Waals surface area contributed by atoms with E-state index in [9.17, 15) is 8.78 Å². The van der Waals surface area contributed by atoms with Crippen molar-refractivity contribution >= 4 is 10.9 Å². The van der Waals surface area contributed by atoms with E-state index in [0.29, 0.717) is 13.1 Å². The fourth-order valence-electron chi connectivity index (χ4n) is 4.21. The van der Waals surface area contributed by atoms with Crippen molar-refractivity contribution in [1.82, 2.24) is 24.8 Å². The number of aromatic nitrogens is 4. The van der Waals surface area contributed by atoms with Gasteiger partial charge in [-0.05, 0) is 62.9 Å². The molecule has 5 rings (SSSR count). The number of nitrogens with zero attached hydrogens (tertiary/aromatic N) is 4. The lowest BCUT2D eigenvalue weighted by Crippen LogP contribution is -2.22. The minimum absolute atomic E-state index is 0.105. The summed E-state index contributed by atoms with van der Waals surface area (Å²) in [6, 6.07) is 19.9. The van der Waals surface area contributed by atoms with Crippen molar-refractivity contribution in [3.63, 3.8) is 0 Å². The van der Waals surface area contributed by atoms with Crippen molar-refractivity contribution in [3.8, 4) is 22.6 Å². The predicted molar refractivity (Wildman–Crippen MR) is 134 cm³/mol. The van der Waals surface area contributed by atoms with Gasteiger partial charge in [-0.25, -0.2) is 13.8 Å². The summed E-state index contributed by atoms with van der Waals surface area (Å²) in [6.45, 7) is 2.92. The molecule has 2 aromatic carbocycles. The van der Waals surface area contributed by atoms with Crippen LogP contribution in [0.1, 0.15) is 17.1 Å². The number of aryl methyl sites for hydroxylation is 1. The van der Waals surface area contributed by atoms with Crippen LogP contribution in [-0.2, 0) is 13.0 Å². The van der Waals surface area contributed by atoms with Gasteiger partial charge in [0.1, 0.15) is 23.2 Å². The van der Waals surface area contributed by atoms with E-state index in [1.165, 1.54) is 18.2 Å². The molecule has 1 N–H and O–H groups in total. The third-order valence-electron chi connectivity index (χ3n) is 6.00. The number of pyridine rings is 2. The van der Waals surface area contributed by atoms with Crippen LogP contribution in [0.3, 0.4) is 0 Å². The molecule has 7 heteroatoms. The van der Waals surface area contributed by atoms with E-state index >= 15 is 0 Å². The van der Waals surface area contributed by atoms with E-state index in [1.807, 2.05) is 61.3 Å². The summed E-state index contributed by atoms with van der Waals surface area (Å²) >= 11 is 0. The summed E-state index contributed by atoms with van der Waals surface area (Å²) in [5.41, 5.74) is 5.34. The zero-order valence-corrected chi connectivity index (χ0v) is 19.6. The average Bonchev–Trinajstić information content (AvgIpc) is 3.27. The Hall–Kier alpha value is -3.97. The fraction of sp³-hybridized carbons (Fsp3) is 0.179. The number of hydrogen-bond acceptors (Lipinski definition) is 4. The van der Waals surface area contributed by atoms with Crippen LogP contribution in [0.15, 0.2) is 72.9 Å². The third kappa shape index (κ3) is 4.95. The van der Waals surface area contributed by atoms with Gasteiger partial charge in [-0.2, -0.15) is 0 Å². The van der Waals surface area contributed by atoms with Crippen LogP contribution in [0.5, 0.6) is 0 Å². The van der Waals surface area contributed by atoms with E-state index in [2.05, 4.69) is 21.0 Å². The Morgan fingerprint density at radius 1 is 0.914 bits per heavy atom. The predicted octanol–water partition coefficient (Wildman–Crippen LogP) is 5.95. The monoisotopic (exact) mass is 469 g/mol. The molecule has 0 saturated carbocycles. The van der Waals surface area contributed by atoms with Crippen LogP contribution in [-0.4, -0.2) is 38.4 Å². The van der Waals surface area contributed by atoms with E-state index in [1.54, 1.807) is 6.20 Å². The largest absolute Gasteiger partial charge is 0.340 e. The number of benzene rings is 2. The molecule has 176 valence electrons. The summed E-state index contributed by atoms with van der Waals surface area (Å²) in [4.78, 5) is 19.4. The van der Waals surface area contributed by atoms with E-state index in [4.69, 9.17) is 4.98 Å². The van der Waals surface area contributed by atoms with E-state index in [-0.39, 0.29) is 12.0 Å². The number of halogens is 2. The number of H-pyrrole nitrogens is 1. The van der Waals surface area contributed by atoms with Crippen molar-refractivity contribution in [3.05, 3.63) is 102 Å². The Kier molecular flexibility index (Phi) is 6.33. The van der Waals surface area contributed by atoms with Gasteiger partial charge in [-0.15, -0.1) is 0 Å². The summed E-state index contributed by atoms with van der Waals surface area (Å²) in [6.07, 6.45) is 2.05. The van der Waals surface area contributed by atoms with Crippen LogP contribution >= 0.6 is 0 Å². The SMILES string of the molecule is Cc1cccc(-c2nc(CN(C)CCc3c(F)cccc3F)[nH]c2-c2ccc3ncccc3c2)n1. The van der Waals surface area contributed by atoms with Gasteiger partial charge in [0, 0.05) is 34.9 Å². The van der Waals surface area contributed by atoms with Crippen LogP contribution in [0.4, 0.5) is 8.78 Å². The van der Waals surface area contributed by atoms with Crippen molar-refractivity contribution in [2.24, 2.45) is 0 Å². The summed E-state index contributed by atoms with van der Waals surface area (Å²) in [5, 5.41) is 1.04. The molecule has 0 spiro atoms. The molecule has 0 atom stereocenters. The number of hydrogen-bond donors (Lipinski definition) is 1. The quantitative estimate of drug-likeness (QED) is 0.320. The van der Waals surface area contributed by atoms with Gasteiger partial charge in [-0.3, -0.25) is 14.9 Å². The van der Waals surface area contributed by atoms with Crippen molar-refractivity contribution in [1.29, 1.82) is 0 Å². The Labute approximate surface area is 202 Å². The average molecular weight is 470 g/mol. The van der Waals surface area contributed by atoms with E-state index < -0.39 is 11.6 Å². The maximum Gasteiger partial charge on any atom is 0.129 e. The minimum Gasteiger partial charge on any atom is -0.340 e. The molecule has 5 aromatic rings. The van der Waals surface area contributed by atoms with Gasteiger partial charge < -0.3 is 4.98 Å². The van der Waals surface area contributed by atoms with Gasteiger partial charge in [0.15, 0.2) is 0 Å². The van der Waals surface area contributed by atoms with Crippen LogP contribution in [0.25, 0.3) is 33.5 Å². The Morgan fingerprint density at radius 2 is 1.71 bits per heavy atom. The zero-order valence-electron chi connectivity index (χ0n) is 19.6. The molecule has 0 radical (unpaired) electrons. The molecule has 0 saturated heterocycles. The molecule has 0 aliphatic heterocycles. The highest BCUT2D eigenvalue weighted by atomic mass is 19.1. The molecule has 3 heterocycles. The third-order valence-corrected chi connectivity index (χ3v) is 6.00. The molecule has 5 nitrogen and oxygen atoms in total. The number of aromatic amines is 1. The first kappa shape index (κ1) is 22.8. The molecule has 0 unspecified atom stereocenters. The molecule has 0 aliphatic carbocycles. The molecule has 35 heavy (non-hydrogen) atoms. The second kappa shape index (κ2) is 9.72. The van der Waals surface area contributed by atoms with Crippen molar-refractivity contribution in [2.45, 2.75) is 19.9 Å². The highest BCUT2D eigenvalue weighted by Gasteiger charge is 2.17. The first-order valence-electron chi connectivity index (χ1n) is 11.5. The topological polar surface area (TPSA) is 57.7 Å². The minimum atomic E-state index is -0.516. The number of imidazole rings is 1. The first-order chi connectivity index (χ1) is 17.0. The van der Waals surface area contributed by atoms with Crippen molar-refractivity contribution in [2.75, 3.05) is 13.6 Å². The van der Waals surface area contributed by atoms with E-state index in [0.717, 1.165) is 45.1 Å². The Balaban J connectivity index is 1.45. The maximum absolute atomic E-state index is 14.0. The summed E-state index contributed by atoms with van der Waals surface area (Å²) in [5.74, 6) is -0.282. The van der Waals surface area contributed by atoms with Crippen LogP contribution < -0.4 is 0 Å². The molecule has 3 aromatic heterocycles. The molecular formula is C28H25F2N5. The van der Waals surface area contributed by atoms with Crippen LogP contribution in [0, 0.1) is 18.6 Å². The smallest absolute Gasteiger partial charge is 0.129 e. The second-order valence-corrected chi connectivity index (χ2v) is 8.67. The van der Waals surface area contributed by atoms with Gasteiger partial charge in [0.2, 0.25) is 0 Å². The molecule has 0 bridgehead atoms. The normalized spacial score (nSPS) is 11.5. The lowest BCUT2D eigenvalue weighted by molar-refractivity contribution is 0.320. The highest BCUT2D eigenvalue weighted by Crippen LogP contribution is 2.31. The molecular weight excluding hydrogens is 444 g/mol. The first-order valence-corrected chi connectivity index (χ1v) is 11.5. The zero-order chi connectivity index (χ0) is 24.4. The summed E-state index contributed by atoms with van der Waals surface area (Å²) in [7, 11) is 1.91. The number of rotatable bonds is 7. The van der Waals surface area contributed by atoms with Crippen LogP contribution in [0.2, 0.25) is 0 Å². The van der Waals surface area contributed by atoms with Gasteiger partial charge >= 0.3 is 0 Å². The lowest BCUT2D eigenvalue weighted by atomic mass is 10.1. The molecule has 0 fully saturated rings. The van der Waals surface area contributed by atoms with Gasteiger partial charge in [-0.1, -0.05) is 24.3 Å². The number of fused-ring (bicyclic) bond motifs is 1. The van der Waals surface area contributed by atoms with Gasteiger partial charge in [0.25, 0.3) is 0 Å². The Bertz CT molecular complexity index is 1470. The Morgan fingerprint density at radius 3 is 2.51 bits per heavy atom. The van der Waals surface area contributed by atoms with Gasteiger partial charge in [0.05, 0.1) is 23.4 Å². The maximum atomic E-state index is 14.0. The fourth-order valence-corrected chi connectivity index (χ4v) is 4.21.